The number of piperazine rings is 1. The molecule has 114 valence electrons. The highest BCUT2D eigenvalue weighted by Crippen LogP contribution is 1.99. The lowest BCUT2D eigenvalue weighted by atomic mass is 10.1. The summed E-state index contributed by atoms with van der Waals surface area (Å²) in [6.07, 6.45) is 0. The average Bonchev–Trinajstić information content (AvgIpc) is 2.25. The molecule has 0 bridgehead atoms. The number of carbonyl (C=O) groups excluding carboxylic acids is 3. The molecule has 0 unspecified atom stereocenters. The Bertz CT molecular complexity index is 390. The lowest BCUT2D eigenvalue weighted by Gasteiger charge is -2.28. The van der Waals surface area contributed by atoms with Crippen LogP contribution in [0, 0.1) is 0 Å². The van der Waals surface area contributed by atoms with Gasteiger partial charge in [0.1, 0.15) is 0 Å². The van der Waals surface area contributed by atoms with Crippen molar-refractivity contribution in [2.24, 2.45) is 0 Å². The SMILES string of the molecule is CN(CC(=O)NC(C)(C)C)C(=O)CN1CCNC(=O)C1. The number of nitrogens with zero attached hydrogens (tertiary/aromatic N) is 2. The zero-order chi connectivity index (χ0) is 15.3. The van der Waals surface area contributed by atoms with Crippen molar-refractivity contribution in [1.29, 1.82) is 0 Å². The summed E-state index contributed by atoms with van der Waals surface area (Å²) in [7, 11) is 1.59. The Morgan fingerprint density at radius 3 is 2.60 bits per heavy atom. The van der Waals surface area contributed by atoms with Gasteiger partial charge in [0.05, 0.1) is 19.6 Å². The molecule has 1 aliphatic rings. The largest absolute Gasteiger partial charge is 0.354 e. The molecule has 3 amide bonds. The molecule has 1 aliphatic heterocycles. The summed E-state index contributed by atoms with van der Waals surface area (Å²) in [6.45, 7) is 7.29. The van der Waals surface area contributed by atoms with Crippen molar-refractivity contribution in [3.05, 3.63) is 0 Å². The molecule has 0 aliphatic carbocycles. The Kier molecular flexibility index (Phi) is 5.50. The van der Waals surface area contributed by atoms with Gasteiger partial charge in [-0.05, 0) is 20.8 Å². The van der Waals surface area contributed by atoms with Gasteiger partial charge in [-0.1, -0.05) is 0 Å². The van der Waals surface area contributed by atoms with Crippen molar-refractivity contribution in [1.82, 2.24) is 20.4 Å². The van der Waals surface area contributed by atoms with Crippen molar-refractivity contribution in [3.8, 4) is 0 Å². The number of hydrogen-bond donors (Lipinski definition) is 2. The van der Waals surface area contributed by atoms with Crippen LogP contribution in [0.3, 0.4) is 0 Å². The second-order valence-electron chi connectivity index (χ2n) is 6.11. The van der Waals surface area contributed by atoms with Crippen molar-refractivity contribution in [2.75, 3.05) is 39.8 Å². The minimum absolute atomic E-state index is 0.0239. The molecule has 0 aromatic heterocycles. The quantitative estimate of drug-likeness (QED) is 0.679. The van der Waals surface area contributed by atoms with Gasteiger partial charge in [-0.2, -0.15) is 0 Å². The molecular weight excluding hydrogens is 260 g/mol. The van der Waals surface area contributed by atoms with E-state index >= 15 is 0 Å². The molecule has 1 rings (SSSR count). The normalized spacial score (nSPS) is 16.5. The predicted octanol–water partition coefficient (Wildman–Crippen LogP) is -1.21. The number of nitrogens with one attached hydrogen (secondary N) is 2. The minimum Gasteiger partial charge on any atom is -0.354 e. The summed E-state index contributed by atoms with van der Waals surface area (Å²) in [6, 6.07) is 0. The van der Waals surface area contributed by atoms with Gasteiger partial charge in [-0.25, -0.2) is 0 Å². The predicted molar refractivity (Wildman–Crippen MR) is 75.0 cm³/mol. The third kappa shape index (κ3) is 6.01. The van der Waals surface area contributed by atoms with Crippen LogP contribution >= 0.6 is 0 Å². The first-order valence-electron chi connectivity index (χ1n) is 6.71. The molecule has 7 nitrogen and oxygen atoms in total. The Morgan fingerprint density at radius 2 is 2.05 bits per heavy atom. The van der Waals surface area contributed by atoms with Crippen molar-refractivity contribution < 1.29 is 14.4 Å². The molecular formula is C13H24N4O3. The Labute approximate surface area is 119 Å². The van der Waals surface area contributed by atoms with Crippen LogP contribution in [0.2, 0.25) is 0 Å². The lowest BCUT2D eigenvalue weighted by molar-refractivity contribution is -0.137. The van der Waals surface area contributed by atoms with Crippen LogP contribution in [-0.4, -0.2) is 72.8 Å². The zero-order valence-electron chi connectivity index (χ0n) is 12.7. The van der Waals surface area contributed by atoms with Crippen LogP contribution < -0.4 is 10.6 Å². The molecule has 0 saturated carbocycles. The number of carbonyl (C=O) groups is 3. The monoisotopic (exact) mass is 284 g/mol. The third-order valence-corrected chi connectivity index (χ3v) is 2.80. The van der Waals surface area contributed by atoms with E-state index in [0.29, 0.717) is 13.1 Å². The standard InChI is InChI=1S/C13H24N4O3/c1-13(2,3)15-11(19)7-16(4)12(20)9-17-6-5-14-10(18)8-17/h5-9H2,1-4H3,(H,14,18)(H,15,19). The molecule has 0 aromatic carbocycles. The van der Waals surface area contributed by atoms with Gasteiger partial charge < -0.3 is 15.5 Å². The zero-order valence-corrected chi connectivity index (χ0v) is 12.7. The van der Waals surface area contributed by atoms with Gasteiger partial charge in [0.2, 0.25) is 17.7 Å². The van der Waals surface area contributed by atoms with E-state index in [1.165, 1.54) is 4.90 Å². The highest BCUT2D eigenvalue weighted by atomic mass is 16.2. The summed E-state index contributed by atoms with van der Waals surface area (Å²) < 4.78 is 0. The molecule has 0 spiro atoms. The number of amides is 3. The number of rotatable bonds is 4. The Hall–Kier alpha value is -1.63. The van der Waals surface area contributed by atoms with Crippen LogP contribution in [0.1, 0.15) is 20.8 Å². The molecule has 20 heavy (non-hydrogen) atoms. The molecule has 0 atom stereocenters. The fourth-order valence-electron chi connectivity index (χ4n) is 1.90. The van der Waals surface area contributed by atoms with Gasteiger partial charge in [-0.15, -0.1) is 0 Å². The van der Waals surface area contributed by atoms with Crippen LogP contribution in [-0.2, 0) is 14.4 Å². The molecule has 1 heterocycles. The van der Waals surface area contributed by atoms with Crippen molar-refractivity contribution in [3.63, 3.8) is 0 Å². The molecule has 2 N–H and O–H groups in total. The van der Waals surface area contributed by atoms with E-state index in [2.05, 4.69) is 10.6 Å². The van der Waals surface area contributed by atoms with Gasteiger partial charge in [0, 0.05) is 25.7 Å². The summed E-state index contributed by atoms with van der Waals surface area (Å²) in [5.41, 5.74) is -0.314. The van der Waals surface area contributed by atoms with Crippen molar-refractivity contribution in [2.45, 2.75) is 26.3 Å². The maximum atomic E-state index is 12.0. The van der Waals surface area contributed by atoms with E-state index in [4.69, 9.17) is 0 Å². The summed E-state index contributed by atoms with van der Waals surface area (Å²) in [4.78, 5) is 38.1. The average molecular weight is 284 g/mol. The van der Waals surface area contributed by atoms with Crippen LogP contribution in [0.15, 0.2) is 0 Å². The van der Waals surface area contributed by atoms with Gasteiger partial charge >= 0.3 is 0 Å². The molecule has 0 aromatic rings. The van der Waals surface area contributed by atoms with E-state index < -0.39 is 0 Å². The van der Waals surface area contributed by atoms with E-state index in [1.807, 2.05) is 20.8 Å². The Balaban J connectivity index is 2.39. The van der Waals surface area contributed by atoms with E-state index in [1.54, 1.807) is 11.9 Å². The lowest BCUT2D eigenvalue weighted by Crippen LogP contribution is -2.52. The van der Waals surface area contributed by atoms with E-state index in [9.17, 15) is 14.4 Å². The Morgan fingerprint density at radius 1 is 1.40 bits per heavy atom. The highest BCUT2D eigenvalue weighted by molar-refractivity contribution is 5.86. The van der Waals surface area contributed by atoms with Crippen LogP contribution in [0.5, 0.6) is 0 Å². The second kappa shape index (κ2) is 6.69. The van der Waals surface area contributed by atoms with Gasteiger partial charge in [-0.3, -0.25) is 19.3 Å². The number of likely N-dealkylation sites (N-methyl/N-ethyl adjacent to an activating group) is 1. The molecule has 7 heteroatoms. The third-order valence-electron chi connectivity index (χ3n) is 2.80. The summed E-state index contributed by atoms with van der Waals surface area (Å²) >= 11 is 0. The van der Waals surface area contributed by atoms with E-state index in [0.717, 1.165) is 0 Å². The number of hydrogen-bond acceptors (Lipinski definition) is 4. The summed E-state index contributed by atoms with van der Waals surface area (Å²) in [5.74, 6) is -0.425. The fraction of sp³-hybridized carbons (Fsp3) is 0.769. The van der Waals surface area contributed by atoms with E-state index in [-0.39, 0.29) is 42.9 Å². The van der Waals surface area contributed by atoms with Crippen molar-refractivity contribution >= 4 is 17.7 Å². The maximum Gasteiger partial charge on any atom is 0.240 e. The highest BCUT2D eigenvalue weighted by Gasteiger charge is 2.22. The first-order chi connectivity index (χ1) is 9.17. The molecule has 1 saturated heterocycles. The first kappa shape index (κ1) is 16.4. The van der Waals surface area contributed by atoms with Gasteiger partial charge in [0.15, 0.2) is 0 Å². The molecule has 1 fully saturated rings. The fourth-order valence-corrected chi connectivity index (χ4v) is 1.90. The van der Waals surface area contributed by atoms with Crippen LogP contribution in [0.4, 0.5) is 0 Å². The molecule has 0 radical (unpaired) electrons. The minimum atomic E-state index is -0.314. The smallest absolute Gasteiger partial charge is 0.240 e. The topological polar surface area (TPSA) is 81.8 Å². The summed E-state index contributed by atoms with van der Waals surface area (Å²) in [5, 5.41) is 5.51. The second-order valence-corrected chi connectivity index (χ2v) is 6.11. The van der Waals surface area contributed by atoms with Gasteiger partial charge in [0.25, 0.3) is 0 Å². The maximum absolute atomic E-state index is 12.0. The first-order valence-corrected chi connectivity index (χ1v) is 6.71. The van der Waals surface area contributed by atoms with Crippen LogP contribution in [0.25, 0.3) is 0 Å².